The van der Waals surface area contributed by atoms with E-state index < -0.39 is 5.60 Å². The minimum Gasteiger partial charge on any atom is -0.389 e. The first-order valence-electron chi connectivity index (χ1n) is 5.83. The second-order valence-corrected chi connectivity index (χ2v) is 5.00. The van der Waals surface area contributed by atoms with Gasteiger partial charge in [-0.25, -0.2) is 0 Å². The standard InChI is InChI=1S/C13H20O4/c1-9(14)4-5-11-8-17-12(6-10(2)15)7-13(11,3)16/h4-5,11-12,16H,6-8H2,1-3H3/t11-,12+,13+/m1/s1. The molecule has 0 aliphatic carbocycles. The van der Waals surface area contributed by atoms with Gasteiger partial charge in [0, 0.05) is 18.8 Å². The van der Waals surface area contributed by atoms with Crippen LogP contribution in [-0.2, 0) is 14.3 Å². The molecule has 0 radical (unpaired) electrons. The normalized spacial score (nSPS) is 33.9. The van der Waals surface area contributed by atoms with Crippen LogP contribution in [0, 0.1) is 5.92 Å². The van der Waals surface area contributed by atoms with Gasteiger partial charge in [-0.1, -0.05) is 6.08 Å². The second kappa shape index (κ2) is 5.56. The van der Waals surface area contributed by atoms with Gasteiger partial charge < -0.3 is 9.84 Å². The molecule has 17 heavy (non-hydrogen) atoms. The maximum Gasteiger partial charge on any atom is 0.152 e. The minimum absolute atomic E-state index is 0.0494. The molecule has 1 aliphatic rings. The quantitative estimate of drug-likeness (QED) is 0.751. The first-order valence-corrected chi connectivity index (χ1v) is 5.83. The van der Waals surface area contributed by atoms with Crippen molar-refractivity contribution in [1.29, 1.82) is 0 Å². The lowest BCUT2D eigenvalue weighted by atomic mass is 9.81. The average Bonchev–Trinajstić information content (AvgIpc) is 2.13. The topological polar surface area (TPSA) is 63.6 Å². The Kier molecular flexibility index (Phi) is 4.60. The highest BCUT2D eigenvalue weighted by molar-refractivity contribution is 5.87. The van der Waals surface area contributed by atoms with E-state index in [-0.39, 0.29) is 23.6 Å². The molecule has 0 unspecified atom stereocenters. The Hall–Kier alpha value is -1.00. The molecule has 0 aromatic heterocycles. The van der Waals surface area contributed by atoms with E-state index in [1.807, 2.05) is 0 Å². The van der Waals surface area contributed by atoms with Crippen molar-refractivity contribution in [2.45, 2.75) is 45.3 Å². The largest absolute Gasteiger partial charge is 0.389 e. The van der Waals surface area contributed by atoms with Crippen LogP contribution in [0.15, 0.2) is 12.2 Å². The summed E-state index contributed by atoms with van der Waals surface area (Å²) in [6, 6.07) is 0. The summed E-state index contributed by atoms with van der Waals surface area (Å²) >= 11 is 0. The number of carbonyl (C=O) groups excluding carboxylic acids is 2. The van der Waals surface area contributed by atoms with Crippen molar-refractivity contribution in [3.8, 4) is 0 Å². The predicted octanol–water partition coefficient (Wildman–Crippen LogP) is 1.27. The van der Waals surface area contributed by atoms with Gasteiger partial charge in [-0.15, -0.1) is 0 Å². The van der Waals surface area contributed by atoms with Crippen molar-refractivity contribution in [3.05, 3.63) is 12.2 Å². The van der Waals surface area contributed by atoms with Gasteiger partial charge in [0.2, 0.25) is 0 Å². The zero-order valence-corrected chi connectivity index (χ0v) is 10.6. The third-order valence-electron chi connectivity index (χ3n) is 3.03. The zero-order chi connectivity index (χ0) is 13.1. The van der Waals surface area contributed by atoms with Gasteiger partial charge in [0.1, 0.15) is 5.78 Å². The zero-order valence-electron chi connectivity index (χ0n) is 10.6. The second-order valence-electron chi connectivity index (χ2n) is 5.00. The van der Waals surface area contributed by atoms with Gasteiger partial charge in [0.25, 0.3) is 0 Å². The number of allylic oxidation sites excluding steroid dienone is 1. The fourth-order valence-corrected chi connectivity index (χ4v) is 2.06. The van der Waals surface area contributed by atoms with Gasteiger partial charge >= 0.3 is 0 Å². The van der Waals surface area contributed by atoms with Crippen LogP contribution >= 0.6 is 0 Å². The van der Waals surface area contributed by atoms with Crippen molar-refractivity contribution in [3.63, 3.8) is 0 Å². The van der Waals surface area contributed by atoms with Crippen molar-refractivity contribution in [2.75, 3.05) is 6.61 Å². The van der Waals surface area contributed by atoms with Crippen molar-refractivity contribution < 1.29 is 19.4 Å². The molecule has 0 bridgehead atoms. The van der Waals surface area contributed by atoms with Crippen LogP contribution in [0.25, 0.3) is 0 Å². The molecule has 4 nitrogen and oxygen atoms in total. The average molecular weight is 240 g/mol. The Morgan fingerprint density at radius 2 is 2.12 bits per heavy atom. The first-order chi connectivity index (χ1) is 7.81. The lowest BCUT2D eigenvalue weighted by Crippen LogP contribution is -2.46. The maximum absolute atomic E-state index is 11.0. The van der Waals surface area contributed by atoms with Crippen molar-refractivity contribution in [1.82, 2.24) is 0 Å². The third-order valence-corrected chi connectivity index (χ3v) is 3.03. The van der Waals surface area contributed by atoms with E-state index in [1.54, 1.807) is 13.0 Å². The number of ether oxygens (including phenoxy) is 1. The van der Waals surface area contributed by atoms with E-state index in [4.69, 9.17) is 4.74 Å². The van der Waals surface area contributed by atoms with Crippen LogP contribution in [0.4, 0.5) is 0 Å². The molecule has 1 N–H and O–H groups in total. The van der Waals surface area contributed by atoms with Gasteiger partial charge in [0.15, 0.2) is 5.78 Å². The van der Waals surface area contributed by atoms with E-state index in [1.165, 1.54) is 19.9 Å². The maximum atomic E-state index is 11.0. The van der Waals surface area contributed by atoms with E-state index in [0.717, 1.165) is 0 Å². The van der Waals surface area contributed by atoms with E-state index in [9.17, 15) is 14.7 Å². The molecular weight excluding hydrogens is 220 g/mol. The number of ketones is 2. The van der Waals surface area contributed by atoms with Crippen LogP contribution < -0.4 is 0 Å². The smallest absolute Gasteiger partial charge is 0.152 e. The number of aliphatic hydroxyl groups is 1. The van der Waals surface area contributed by atoms with E-state index in [0.29, 0.717) is 19.4 Å². The summed E-state index contributed by atoms with van der Waals surface area (Å²) in [6.45, 7) is 5.04. The number of Topliss-reactive ketones (excluding diaryl/α,β-unsaturated/α-hetero) is 1. The first kappa shape index (κ1) is 14.1. The Balaban J connectivity index is 2.63. The highest BCUT2D eigenvalue weighted by Crippen LogP contribution is 2.31. The summed E-state index contributed by atoms with van der Waals surface area (Å²) in [7, 11) is 0. The van der Waals surface area contributed by atoms with Crippen LogP contribution in [0.1, 0.15) is 33.6 Å². The van der Waals surface area contributed by atoms with Crippen LogP contribution in [0.5, 0.6) is 0 Å². The third kappa shape index (κ3) is 4.40. The molecule has 96 valence electrons. The molecule has 1 saturated heterocycles. The molecule has 1 aliphatic heterocycles. The summed E-state index contributed by atoms with van der Waals surface area (Å²) < 4.78 is 5.53. The van der Waals surface area contributed by atoms with Crippen LogP contribution in [0.3, 0.4) is 0 Å². The number of rotatable bonds is 4. The molecular formula is C13H20O4. The molecule has 0 aromatic rings. The van der Waals surface area contributed by atoms with E-state index >= 15 is 0 Å². The monoisotopic (exact) mass is 240 g/mol. The lowest BCUT2D eigenvalue weighted by Gasteiger charge is -2.39. The molecule has 1 heterocycles. The van der Waals surface area contributed by atoms with Gasteiger partial charge in [-0.05, 0) is 26.8 Å². The van der Waals surface area contributed by atoms with Gasteiger partial charge in [-0.3, -0.25) is 9.59 Å². The Labute approximate surface area is 102 Å². The van der Waals surface area contributed by atoms with E-state index in [2.05, 4.69) is 0 Å². The Bertz CT molecular complexity index is 330. The van der Waals surface area contributed by atoms with Crippen molar-refractivity contribution in [2.24, 2.45) is 5.92 Å². The summed E-state index contributed by atoms with van der Waals surface area (Å²) in [6.07, 6.45) is 3.67. The molecule has 0 aromatic carbocycles. The van der Waals surface area contributed by atoms with Crippen LogP contribution in [-0.4, -0.2) is 35.0 Å². The number of hydrogen-bond donors (Lipinski definition) is 1. The van der Waals surface area contributed by atoms with Crippen LogP contribution in [0.2, 0.25) is 0 Å². The summed E-state index contributed by atoms with van der Waals surface area (Å²) in [5.41, 5.74) is -0.926. The summed E-state index contributed by atoms with van der Waals surface area (Å²) in [5, 5.41) is 10.3. The number of hydrogen-bond acceptors (Lipinski definition) is 4. The molecule has 0 saturated carbocycles. The lowest BCUT2D eigenvalue weighted by molar-refractivity contribution is -0.136. The molecule has 1 fully saturated rings. The van der Waals surface area contributed by atoms with Gasteiger partial charge in [-0.2, -0.15) is 0 Å². The molecule has 0 spiro atoms. The Morgan fingerprint density at radius 1 is 1.47 bits per heavy atom. The summed E-state index contributed by atoms with van der Waals surface area (Å²) in [4.78, 5) is 21.9. The van der Waals surface area contributed by atoms with Gasteiger partial charge in [0.05, 0.1) is 18.3 Å². The summed E-state index contributed by atoms with van der Waals surface area (Å²) in [5.74, 6) is -0.190. The predicted molar refractivity (Wildman–Crippen MR) is 63.6 cm³/mol. The highest BCUT2D eigenvalue weighted by atomic mass is 16.5. The van der Waals surface area contributed by atoms with Crippen molar-refractivity contribution >= 4 is 11.6 Å². The number of carbonyl (C=O) groups is 2. The SMILES string of the molecule is CC(=O)C=C[C@@H]1CO[C@@H](CC(C)=O)C[C@]1(C)O. The minimum atomic E-state index is -0.926. The molecule has 3 atom stereocenters. The fourth-order valence-electron chi connectivity index (χ4n) is 2.06. The molecule has 4 heteroatoms. The Morgan fingerprint density at radius 3 is 2.59 bits per heavy atom. The molecule has 1 rings (SSSR count). The fraction of sp³-hybridized carbons (Fsp3) is 0.692. The molecule has 0 amide bonds. The highest BCUT2D eigenvalue weighted by Gasteiger charge is 2.38.